The van der Waals surface area contributed by atoms with E-state index in [1.807, 2.05) is 12.1 Å². The van der Waals surface area contributed by atoms with Crippen LogP contribution in [0.1, 0.15) is 33.5 Å². The van der Waals surface area contributed by atoms with E-state index in [9.17, 15) is 4.79 Å². The molecule has 1 aliphatic rings. The monoisotopic (exact) mass is 254 g/mol. The fraction of sp³-hybridized carbons (Fsp3) is 0.267. The molecular weight excluding hydrogens is 240 g/mol. The summed E-state index contributed by atoms with van der Waals surface area (Å²) in [6, 6.07) is 6.21. The van der Waals surface area contributed by atoms with Crippen LogP contribution in [0.25, 0.3) is 0 Å². The molecule has 1 aliphatic carbocycles. The predicted molar refractivity (Wildman–Crippen MR) is 70.5 cm³/mol. The van der Waals surface area contributed by atoms with Crippen LogP contribution in [-0.4, -0.2) is 22.9 Å². The number of benzene rings is 1. The Balaban J connectivity index is 1.90. The molecule has 0 atom stereocenters. The maximum Gasteiger partial charge on any atom is 0.316 e. The molecule has 0 aliphatic heterocycles. The van der Waals surface area contributed by atoms with Crippen molar-refractivity contribution in [3.63, 3.8) is 0 Å². The van der Waals surface area contributed by atoms with Gasteiger partial charge in [-0.1, -0.05) is 12.1 Å². The standard InChI is InChI=1S/C15H14N2O2/c1-19-15-16-8-13(9-17-15)14(18)12-6-5-10-3-2-4-11(10)7-12/h5-9H,2-4H2,1H3. The average Bonchev–Trinajstić information content (AvgIpc) is 2.94. The van der Waals surface area contributed by atoms with Gasteiger partial charge in [-0.3, -0.25) is 4.79 Å². The van der Waals surface area contributed by atoms with Crippen molar-refractivity contribution in [3.05, 3.63) is 52.8 Å². The smallest absolute Gasteiger partial charge is 0.316 e. The van der Waals surface area contributed by atoms with Crippen LogP contribution in [0, 0.1) is 0 Å². The Labute approximate surface area is 111 Å². The van der Waals surface area contributed by atoms with Crippen LogP contribution in [-0.2, 0) is 12.8 Å². The van der Waals surface area contributed by atoms with Crippen LogP contribution in [0.2, 0.25) is 0 Å². The summed E-state index contributed by atoms with van der Waals surface area (Å²) in [5.74, 6) is -0.0441. The van der Waals surface area contributed by atoms with Gasteiger partial charge >= 0.3 is 6.01 Å². The van der Waals surface area contributed by atoms with Gasteiger partial charge in [0.15, 0.2) is 5.78 Å². The highest BCUT2D eigenvalue weighted by Crippen LogP contribution is 2.23. The van der Waals surface area contributed by atoms with Crippen molar-refractivity contribution in [3.8, 4) is 6.01 Å². The van der Waals surface area contributed by atoms with Crippen LogP contribution in [0.4, 0.5) is 0 Å². The van der Waals surface area contributed by atoms with Crippen molar-refractivity contribution in [1.82, 2.24) is 9.97 Å². The third kappa shape index (κ3) is 2.21. The van der Waals surface area contributed by atoms with Crippen molar-refractivity contribution in [1.29, 1.82) is 0 Å². The topological polar surface area (TPSA) is 52.1 Å². The lowest BCUT2D eigenvalue weighted by Crippen LogP contribution is -2.04. The molecule has 2 aromatic rings. The highest BCUT2D eigenvalue weighted by Gasteiger charge is 2.15. The molecule has 0 bridgehead atoms. The highest BCUT2D eigenvalue weighted by molar-refractivity contribution is 6.08. The molecule has 1 aromatic carbocycles. The summed E-state index contributed by atoms with van der Waals surface area (Å²) in [6.45, 7) is 0. The second kappa shape index (κ2) is 4.80. The Morgan fingerprint density at radius 3 is 2.58 bits per heavy atom. The van der Waals surface area contributed by atoms with Gasteiger partial charge in [-0.25, -0.2) is 9.97 Å². The van der Waals surface area contributed by atoms with E-state index >= 15 is 0 Å². The molecule has 0 fully saturated rings. The minimum absolute atomic E-state index is 0.0441. The number of ether oxygens (including phenoxy) is 1. The van der Waals surface area contributed by atoms with Gasteiger partial charge in [-0.2, -0.15) is 0 Å². The van der Waals surface area contributed by atoms with Crippen LogP contribution in [0.5, 0.6) is 6.01 Å². The fourth-order valence-corrected chi connectivity index (χ4v) is 2.42. The fourth-order valence-electron chi connectivity index (χ4n) is 2.42. The van der Waals surface area contributed by atoms with E-state index in [0.29, 0.717) is 11.1 Å². The molecule has 0 unspecified atom stereocenters. The summed E-state index contributed by atoms with van der Waals surface area (Å²) < 4.78 is 4.88. The molecular formula is C15H14N2O2. The molecule has 3 rings (SSSR count). The minimum atomic E-state index is -0.0441. The molecule has 0 N–H and O–H groups in total. The third-order valence-electron chi connectivity index (χ3n) is 3.43. The van der Waals surface area contributed by atoms with E-state index in [0.717, 1.165) is 12.8 Å². The molecule has 0 saturated heterocycles. The zero-order valence-corrected chi connectivity index (χ0v) is 10.7. The number of rotatable bonds is 3. The Bertz CT molecular complexity index is 621. The van der Waals surface area contributed by atoms with Gasteiger partial charge in [0.05, 0.1) is 12.7 Å². The number of carbonyl (C=O) groups is 1. The molecule has 4 heteroatoms. The van der Waals surface area contributed by atoms with E-state index in [-0.39, 0.29) is 11.8 Å². The number of aryl methyl sites for hydroxylation is 2. The first-order valence-electron chi connectivity index (χ1n) is 6.30. The zero-order valence-electron chi connectivity index (χ0n) is 10.7. The summed E-state index contributed by atoms with van der Waals surface area (Å²) in [4.78, 5) is 20.2. The summed E-state index contributed by atoms with van der Waals surface area (Å²) in [7, 11) is 1.50. The molecule has 0 spiro atoms. The van der Waals surface area contributed by atoms with Gasteiger partial charge < -0.3 is 4.74 Å². The maximum atomic E-state index is 12.3. The first-order valence-corrected chi connectivity index (χ1v) is 6.30. The van der Waals surface area contributed by atoms with Gasteiger partial charge in [0, 0.05) is 18.0 Å². The molecule has 4 nitrogen and oxygen atoms in total. The van der Waals surface area contributed by atoms with Gasteiger partial charge in [-0.15, -0.1) is 0 Å². The third-order valence-corrected chi connectivity index (χ3v) is 3.43. The number of carbonyl (C=O) groups excluding carboxylic acids is 1. The van der Waals surface area contributed by atoms with E-state index < -0.39 is 0 Å². The van der Waals surface area contributed by atoms with E-state index in [2.05, 4.69) is 16.0 Å². The van der Waals surface area contributed by atoms with E-state index in [1.165, 1.54) is 37.1 Å². The molecule has 0 amide bonds. The minimum Gasteiger partial charge on any atom is -0.467 e. The van der Waals surface area contributed by atoms with Crippen molar-refractivity contribution in [2.24, 2.45) is 0 Å². The van der Waals surface area contributed by atoms with Crippen LogP contribution < -0.4 is 4.74 Å². The van der Waals surface area contributed by atoms with Crippen molar-refractivity contribution in [2.75, 3.05) is 7.11 Å². The van der Waals surface area contributed by atoms with Gasteiger partial charge in [-0.05, 0) is 36.5 Å². The molecule has 19 heavy (non-hydrogen) atoms. The largest absolute Gasteiger partial charge is 0.467 e. The number of aromatic nitrogens is 2. The number of ketones is 1. The normalized spacial score (nSPS) is 13.1. The summed E-state index contributed by atoms with van der Waals surface area (Å²) in [6.07, 6.45) is 6.37. The highest BCUT2D eigenvalue weighted by atomic mass is 16.5. The van der Waals surface area contributed by atoms with Crippen LogP contribution >= 0.6 is 0 Å². The van der Waals surface area contributed by atoms with E-state index in [4.69, 9.17) is 4.74 Å². The lowest BCUT2D eigenvalue weighted by molar-refractivity contribution is 0.103. The van der Waals surface area contributed by atoms with E-state index in [1.54, 1.807) is 0 Å². The first-order chi connectivity index (χ1) is 9.28. The average molecular weight is 254 g/mol. The second-order valence-electron chi connectivity index (χ2n) is 4.62. The Hall–Kier alpha value is -2.23. The number of hydrogen-bond acceptors (Lipinski definition) is 4. The Kier molecular flexibility index (Phi) is 2.99. The zero-order chi connectivity index (χ0) is 13.2. The second-order valence-corrected chi connectivity index (χ2v) is 4.62. The number of fused-ring (bicyclic) bond motifs is 1. The summed E-state index contributed by atoms with van der Waals surface area (Å²) >= 11 is 0. The van der Waals surface area contributed by atoms with Gasteiger partial charge in [0.2, 0.25) is 0 Å². The number of methoxy groups -OCH3 is 1. The number of hydrogen-bond donors (Lipinski definition) is 0. The lowest BCUT2D eigenvalue weighted by Gasteiger charge is -2.04. The molecule has 1 aromatic heterocycles. The molecule has 0 radical (unpaired) electrons. The van der Waals surface area contributed by atoms with Crippen molar-refractivity contribution >= 4 is 5.78 Å². The quantitative estimate of drug-likeness (QED) is 0.788. The van der Waals surface area contributed by atoms with Gasteiger partial charge in [0.25, 0.3) is 0 Å². The van der Waals surface area contributed by atoms with Gasteiger partial charge in [0.1, 0.15) is 0 Å². The molecule has 0 saturated carbocycles. The van der Waals surface area contributed by atoms with Crippen LogP contribution in [0.3, 0.4) is 0 Å². The predicted octanol–water partition coefficient (Wildman–Crippen LogP) is 2.20. The number of nitrogens with zero attached hydrogens (tertiary/aromatic N) is 2. The Morgan fingerprint density at radius 1 is 1.11 bits per heavy atom. The summed E-state index contributed by atoms with van der Waals surface area (Å²) in [5.41, 5.74) is 3.84. The maximum absolute atomic E-state index is 12.3. The van der Waals surface area contributed by atoms with Crippen LogP contribution in [0.15, 0.2) is 30.6 Å². The molecule has 96 valence electrons. The Morgan fingerprint density at radius 2 is 1.84 bits per heavy atom. The first kappa shape index (κ1) is 11.8. The lowest BCUT2D eigenvalue weighted by atomic mass is 10.0. The molecule has 1 heterocycles. The summed E-state index contributed by atoms with van der Waals surface area (Å²) in [5, 5.41) is 0. The van der Waals surface area contributed by atoms with Crippen molar-refractivity contribution < 1.29 is 9.53 Å². The SMILES string of the molecule is COc1ncc(C(=O)c2ccc3c(c2)CCC3)cn1. The van der Waals surface area contributed by atoms with Crippen molar-refractivity contribution in [2.45, 2.75) is 19.3 Å².